The Hall–Kier alpha value is -2.67. The maximum absolute atomic E-state index is 12.8. The van der Waals surface area contributed by atoms with E-state index in [1.807, 2.05) is 31.1 Å². The highest BCUT2D eigenvalue weighted by atomic mass is 19.1. The molecule has 1 heterocycles. The first-order valence-corrected chi connectivity index (χ1v) is 7.53. The van der Waals surface area contributed by atoms with Gasteiger partial charge in [0.25, 0.3) is 0 Å². The zero-order chi connectivity index (χ0) is 17.5. The summed E-state index contributed by atoms with van der Waals surface area (Å²) in [4.78, 5) is 17.9. The monoisotopic (exact) mass is 332 g/mol. The molecule has 7 heteroatoms. The highest BCUT2D eigenvalue weighted by Gasteiger charge is 2.09. The first kappa shape index (κ1) is 17.7. The Morgan fingerprint density at radius 2 is 1.92 bits per heavy atom. The molecule has 0 bridgehead atoms. The van der Waals surface area contributed by atoms with Gasteiger partial charge in [-0.15, -0.1) is 0 Å². The standard InChI is InChI=1S/C17H21FN4O2/c1-22(2)16-8-3-12(9-19-16)10-20-17(24)21-11-15(23)13-4-6-14(18)7-5-13/h3-9,15,23H,10-11H2,1-2H3,(H2,20,21,24)/t15-/m1/s1. The van der Waals surface area contributed by atoms with E-state index >= 15 is 0 Å². The number of rotatable bonds is 6. The summed E-state index contributed by atoms with van der Waals surface area (Å²) in [7, 11) is 3.81. The highest BCUT2D eigenvalue weighted by molar-refractivity contribution is 5.73. The second kappa shape index (κ2) is 8.26. The van der Waals surface area contributed by atoms with E-state index in [-0.39, 0.29) is 12.4 Å². The van der Waals surface area contributed by atoms with E-state index in [0.29, 0.717) is 12.1 Å². The van der Waals surface area contributed by atoms with E-state index < -0.39 is 12.1 Å². The van der Waals surface area contributed by atoms with E-state index in [4.69, 9.17) is 0 Å². The van der Waals surface area contributed by atoms with Crippen molar-refractivity contribution < 1.29 is 14.3 Å². The van der Waals surface area contributed by atoms with Crippen LogP contribution in [-0.2, 0) is 6.54 Å². The van der Waals surface area contributed by atoms with Gasteiger partial charge < -0.3 is 20.6 Å². The Kier molecular flexibility index (Phi) is 6.08. The van der Waals surface area contributed by atoms with E-state index in [9.17, 15) is 14.3 Å². The number of amides is 2. The average Bonchev–Trinajstić information content (AvgIpc) is 2.58. The van der Waals surface area contributed by atoms with Gasteiger partial charge >= 0.3 is 6.03 Å². The van der Waals surface area contributed by atoms with Gasteiger partial charge in [-0.3, -0.25) is 0 Å². The normalized spacial score (nSPS) is 11.7. The lowest BCUT2D eigenvalue weighted by Crippen LogP contribution is -2.37. The molecule has 6 nitrogen and oxygen atoms in total. The quantitative estimate of drug-likeness (QED) is 0.754. The molecule has 0 fully saturated rings. The lowest BCUT2D eigenvalue weighted by Gasteiger charge is -2.14. The van der Waals surface area contributed by atoms with Crippen molar-refractivity contribution in [2.45, 2.75) is 12.6 Å². The average molecular weight is 332 g/mol. The van der Waals surface area contributed by atoms with Crippen LogP contribution in [0.1, 0.15) is 17.2 Å². The van der Waals surface area contributed by atoms with Crippen LogP contribution in [-0.4, -0.2) is 36.8 Å². The number of hydrogen-bond donors (Lipinski definition) is 3. The molecule has 0 spiro atoms. The van der Waals surface area contributed by atoms with Gasteiger partial charge in [0.1, 0.15) is 11.6 Å². The number of carbonyl (C=O) groups excluding carboxylic acids is 1. The molecule has 0 aliphatic rings. The van der Waals surface area contributed by atoms with Gasteiger partial charge in [0.05, 0.1) is 6.10 Å². The van der Waals surface area contributed by atoms with Crippen molar-refractivity contribution in [3.05, 3.63) is 59.5 Å². The number of benzene rings is 1. The second-order valence-corrected chi connectivity index (χ2v) is 5.55. The van der Waals surface area contributed by atoms with Crippen LogP contribution in [0.3, 0.4) is 0 Å². The molecule has 1 atom stereocenters. The predicted molar refractivity (Wildman–Crippen MR) is 90.2 cm³/mol. The molecule has 2 aromatic rings. The molecule has 128 valence electrons. The third kappa shape index (κ3) is 5.20. The molecule has 0 saturated heterocycles. The molecule has 0 radical (unpaired) electrons. The smallest absolute Gasteiger partial charge is 0.315 e. The zero-order valence-electron chi connectivity index (χ0n) is 13.7. The van der Waals surface area contributed by atoms with Crippen LogP contribution in [0.15, 0.2) is 42.6 Å². The van der Waals surface area contributed by atoms with Gasteiger partial charge in [-0.2, -0.15) is 0 Å². The van der Waals surface area contributed by atoms with Crippen molar-refractivity contribution in [1.29, 1.82) is 0 Å². The summed E-state index contributed by atoms with van der Waals surface area (Å²) in [6.45, 7) is 0.370. The Morgan fingerprint density at radius 3 is 2.50 bits per heavy atom. The summed E-state index contributed by atoms with van der Waals surface area (Å²) in [5.41, 5.74) is 1.41. The topological polar surface area (TPSA) is 77.5 Å². The van der Waals surface area contributed by atoms with Gasteiger partial charge in [-0.25, -0.2) is 14.2 Å². The molecule has 0 unspecified atom stereocenters. The molecule has 0 saturated carbocycles. The molecule has 1 aromatic heterocycles. The maximum Gasteiger partial charge on any atom is 0.315 e. The highest BCUT2D eigenvalue weighted by Crippen LogP contribution is 2.12. The SMILES string of the molecule is CN(C)c1ccc(CNC(=O)NC[C@@H](O)c2ccc(F)cc2)cn1. The van der Waals surface area contributed by atoms with Gasteiger partial charge in [0, 0.05) is 33.4 Å². The van der Waals surface area contributed by atoms with Crippen LogP contribution in [0.5, 0.6) is 0 Å². The number of urea groups is 1. The van der Waals surface area contributed by atoms with Crippen molar-refractivity contribution in [2.24, 2.45) is 0 Å². The van der Waals surface area contributed by atoms with Crippen LogP contribution in [0.25, 0.3) is 0 Å². The number of carbonyl (C=O) groups is 1. The summed E-state index contributed by atoms with van der Waals surface area (Å²) in [5.74, 6) is 0.469. The number of pyridine rings is 1. The Morgan fingerprint density at radius 1 is 1.21 bits per heavy atom. The number of nitrogens with zero attached hydrogens (tertiary/aromatic N) is 2. The minimum atomic E-state index is -0.891. The van der Waals surface area contributed by atoms with Crippen molar-refractivity contribution in [3.8, 4) is 0 Å². The summed E-state index contributed by atoms with van der Waals surface area (Å²) in [6.07, 6.45) is 0.806. The fourth-order valence-corrected chi connectivity index (χ4v) is 2.02. The van der Waals surface area contributed by atoms with E-state index in [0.717, 1.165) is 11.4 Å². The molecular formula is C17H21FN4O2. The third-order valence-electron chi connectivity index (χ3n) is 3.43. The molecule has 2 amide bonds. The maximum atomic E-state index is 12.8. The minimum absolute atomic E-state index is 0.0370. The Balaban J connectivity index is 1.75. The molecule has 2 rings (SSSR count). The third-order valence-corrected chi connectivity index (χ3v) is 3.43. The number of aromatic nitrogens is 1. The van der Waals surface area contributed by atoms with Crippen molar-refractivity contribution in [3.63, 3.8) is 0 Å². The molecule has 0 aliphatic carbocycles. The lowest BCUT2D eigenvalue weighted by atomic mass is 10.1. The fraction of sp³-hybridized carbons (Fsp3) is 0.294. The summed E-state index contributed by atoms with van der Waals surface area (Å²) in [6, 6.07) is 8.86. The largest absolute Gasteiger partial charge is 0.387 e. The van der Waals surface area contributed by atoms with Crippen LogP contribution < -0.4 is 15.5 Å². The van der Waals surface area contributed by atoms with Crippen LogP contribution in [0, 0.1) is 5.82 Å². The van der Waals surface area contributed by atoms with E-state index in [1.54, 1.807) is 6.20 Å². The summed E-state index contributed by atoms with van der Waals surface area (Å²) >= 11 is 0. The van der Waals surface area contributed by atoms with Gasteiger partial charge in [0.15, 0.2) is 0 Å². The number of hydrogen-bond acceptors (Lipinski definition) is 4. The van der Waals surface area contributed by atoms with Crippen molar-refractivity contribution >= 4 is 11.8 Å². The van der Waals surface area contributed by atoms with Crippen LogP contribution in [0.2, 0.25) is 0 Å². The number of aliphatic hydroxyl groups excluding tert-OH is 1. The van der Waals surface area contributed by atoms with Gasteiger partial charge in [-0.1, -0.05) is 18.2 Å². The van der Waals surface area contributed by atoms with E-state index in [2.05, 4.69) is 15.6 Å². The number of nitrogens with one attached hydrogen (secondary N) is 2. The van der Waals surface area contributed by atoms with Crippen LogP contribution >= 0.6 is 0 Å². The zero-order valence-corrected chi connectivity index (χ0v) is 13.7. The number of halogens is 1. The predicted octanol–water partition coefficient (Wildman–Crippen LogP) is 1.82. The lowest BCUT2D eigenvalue weighted by molar-refractivity contribution is 0.173. The van der Waals surface area contributed by atoms with E-state index in [1.165, 1.54) is 24.3 Å². The molecular weight excluding hydrogens is 311 g/mol. The summed E-state index contributed by atoms with van der Waals surface area (Å²) in [5, 5.41) is 15.2. The second-order valence-electron chi connectivity index (χ2n) is 5.55. The van der Waals surface area contributed by atoms with Crippen LogP contribution in [0.4, 0.5) is 15.0 Å². The number of aliphatic hydroxyl groups is 1. The minimum Gasteiger partial charge on any atom is -0.387 e. The molecule has 0 aliphatic heterocycles. The molecule has 24 heavy (non-hydrogen) atoms. The van der Waals surface area contributed by atoms with Gasteiger partial charge in [0.2, 0.25) is 0 Å². The molecule has 3 N–H and O–H groups in total. The Labute approximate surface area is 140 Å². The number of anilines is 1. The first-order valence-electron chi connectivity index (χ1n) is 7.53. The van der Waals surface area contributed by atoms with Gasteiger partial charge in [-0.05, 0) is 29.3 Å². The van der Waals surface area contributed by atoms with Crippen molar-refractivity contribution in [2.75, 3.05) is 25.5 Å². The fourth-order valence-electron chi connectivity index (χ4n) is 2.02. The van der Waals surface area contributed by atoms with Crippen molar-refractivity contribution in [1.82, 2.24) is 15.6 Å². The molecule has 1 aromatic carbocycles. The summed E-state index contributed by atoms with van der Waals surface area (Å²) < 4.78 is 12.8. The Bertz CT molecular complexity index is 659. The first-order chi connectivity index (χ1) is 11.5.